The lowest BCUT2D eigenvalue weighted by molar-refractivity contribution is 0.465. The molecule has 0 amide bonds. The summed E-state index contributed by atoms with van der Waals surface area (Å²) in [5.41, 5.74) is 1.54. The van der Waals surface area contributed by atoms with E-state index in [2.05, 4.69) is 50.5 Å². The van der Waals surface area contributed by atoms with Crippen LogP contribution in [0.3, 0.4) is 0 Å². The van der Waals surface area contributed by atoms with Gasteiger partial charge in [-0.05, 0) is 23.8 Å². The molecule has 0 bridgehead atoms. The maximum atomic E-state index is 9.96. The summed E-state index contributed by atoms with van der Waals surface area (Å²) in [6, 6.07) is 9.07. The molecule has 88 valence electrons. The molecule has 0 spiro atoms. The number of para-hydroxylation sites is 1. The van der Waals surface area contributed by atoms with Crippen LogP contribution in [-0.4, -0.2) is 5.11 Å². The van der Waals surface area contributed by atoms with E-state index in [4.69, 9.17) is 0 Å². The van der Waals surface area contributed by atoms with Crippen LogP contribution in [-0.2, 0) is 0 Å². The molecular formula is C12H10OS4. The summed E-state index contributed by atoms with van der Waals surface area (Å²) in [5.74, 6) is 0.156. The summed E-state index contributed by atoms with van der Waals surface area (Å²) in [6.07, 6.45) is 0. The molecule has 0 fully saturated rings. The Bertz CT molecular complexity index is 558. The van der Waals surface area contributed by atoms with Crippen LogP contribution in [0.15, 0.2) is 49.9 Å². The Kier molecular flexibility index (Phi) is 3.92. The Balaban J connectivity index is 2.65. The van der Waals surface area contributed by atoms with Crippen LogP contribution in [0.1, 0.15) is 0 Å². The number of thiol groups is 4. The molecule has 0 atom stereocenters. The van der Waals surface area contributed by atoms with Gasteiger partial charge in [0.2, 0.25) is 0 Å². The largest absolute Gasteiger partial charge is 0.506 e. The van der Waals surface area contributed by atoms with Gasteiger partial charge in [-0.3, -0.25) is 0 Å². The molecule has 0 aliphatic carbocycles. The van der Waals surface area contributed by atoms with Crippen LogP contribution >= 0.6 is 50.5 Å². The molecule has 2 rings (SSSR count). The average Bonchev–Trinajstić information content (AvgIpc) is 2.29. The minimum Gasteiger partial charge on any atom is -0.506 e. The highest BCUT2D eigenvalue weighted by Crippen LogP contribution is 2.38. The normalized spacial score (nSPS) is 10.6. The fourth-order valence-corrected chi connectivity index (χ4v) is 2.47. The number of benzene rings is 2. The van der Waals surface area contributed by atoms with Crippen LogP contribution < -0.4 is 0 Å². The van der Waals surface area contributed by atoms with Gasteiger partial charge in [-0.2, -0.15) is 0 Å². The highest BCUT2D eigenvalue weighted by atomic mass is 32.1. The fraction of sp³-hybridized carbons (Fsp3) is 0. The molecule has 17 heavy (non-hydrogen) atoms. The van der Waals surface area contributed by atoms with Gasteiger partial charge in [0.15, 0.2) is 0 Å². The van der Waals surface area contributed by atoms with Crippen LogP contribution in [0.2, 0.25) is 0 Å². The molecule has 2 aromatic rings. The second kappa shape index (κ2) is 5.10. The van der Waals surface area contributed by atoms with E-state index in [1.165, 1.54) is 0 Å². The first-order valence-corrected chi connectivity index (χ1v) is 6.56. The lowest BCUT2D eigenvalue weighted by atomic mass is 10.0. The second-order valence-electron chi connectivity index (χ2n) is 3.54. The molecule has 0 aromatic heterocycles. The Morgan fingerprint density at radius 2 is 1.41 bits per heavy atom. The number of phenolic OH excluding ortho intramolecular Hbond substituents is 1. The van der Waals surface area contributed by atoms with E-state index in [1.54, 1.807) is 6.07 Å². The minimum absolute atomic E-state index is 0.156. The first kappa shape index (κ1) is 13.1. The van der Waals surface area contributed by atoms with E-state index in [-0.39, 0.29) is 5.75 Å². The van der Waals surface area contributed by atoms with E-state index in [9.17, 15) is 5.11 Å². The number of aromatic hydroxyl groups is 1. The van der Waals surface area contributed by atoms with Crippen LogP contribution in [0.4, 0.5) is 0 Å². The number of phenols is 1. The molecule has 1 N–H and O–H groups in total. The van der Waals surface area contributed by atoms with E-state index in [0.717, 1.165) is 20.2 Å². The second-order valence-corrected chi connectivity index (χ2v) is 5.43. The maximum absolute atomic E-state index is 9.96. The third kappa shape index (κ3) is 2.57. The van der Waals surface area contributed by atoms with Gasteiger partial charge in [-0.15, -0.1) is 50.5 Å². The van der Waals surface area contributed by atoms with Crippen molar-refractivity contribution < 1.29 is 5.11 Å². The third-order valence-electron chi connectivity index (χ3n) is 2.40. The van der Waals surface area contributed by atoms with E-state index in [1.807, 2.05) is 24.3 Å². The first-order chi connectivity index (χ1) is 8.00. The molecule has 0 heterocycles. The van der Waals surface area contributed by atoms with Gasteiger partial charge in [-0.25, -0.2) is 0 Å². The molecule has 0 aliphatic rings. The van der Waals surface area contributed by atoms with Gasteiger partial charge in [0.1, 0.15) is 5.75 Å². The number of hydrogen-bond donors (Lipinski definition) is 5. The van der Waals surface area contributed by atoms with Crippen LogP contribution in [0.5, 0.6) is 5.75 Å². The summed E-state index contributed by atoms with van der Waals surface area (Å²) >= 11 is 17.1. The van der Waals surface area contributed by atoms with Gasteiger partial charge in [0.05, 0.1) is 0 Å². The molecule has 0 unspecified atom stereocenters. The molecule has 1 nitrogen and oxygen atoms in total. The van der Waals surface area contributed by atoms with Crippen molar-refractivity contribution >= 4 is 50.5 Å². The Morgan fingerprint density at radius 3 is 2.00 bits per heavy atom. The van der Waals surface area contributed by atoms with Gasteiger partial charge in [-0.1, -0.05) is 12.1 Å². The van der Waals surface area contributed by atoms with Crippen molar-refractivity contribution in [2.75, 3.05) is 0 Å². The fourth-order valence-electron chi connectivity index (χ4n) is 1.52. The summed E-state index contributed by atoms with van der Waals surface area (Å²) in [4.78, 5) is 2.71. The van der Waals surface area contributed by atoms with Crippen molar-refractivity contribution in [3.05, 3.63) is 30.3 Å². The molecule has 0 aliphatic heterocycles. The molecular weight excluding hydrogens is 288 g/mol. The molecule has 0 saturated carbocycles. The van der Waals surface area contributed by atoms with Gasteiger partial charge in [0, 0.05) is 25.1 Å². The maximum Gasteiger partial charge on any atom is 0.136 e. The van der Waals surface area contributed by atoms with E-state index < -0.39 is 0 Å². The molecule has 5 heteroatoms. The van der Waals surface area contributed by atoms with E-state index in [0.29, 0.717) is 10.5 Å². The van der Waals surface area contributed by atoms with Crippen molar-refractivity contribution in [2.45, 2.75) is 19.6 Å². The van der Waals surface area contributed by atoms with Crippen molar-refractivity contribution in [3.63, 3.8) is 0 Å². The predicted molar refractivity (Wildman–Crippen MR) is 82.6 cm³/mol. The average molecular weight is 298 g/mol. The topological polar surface area (TPSA) is 20.2 Å². The van der Waals surface area contributed by atoms with Crippen LogP contribution in [0, 0.1) is 0 Å². The standard InChI is InChI=1S/C12H10OS4/c13-11-7(2-1-3-8(11)14)6-4-9(15)12(17)10(16)5-6/h1-5,13-17H. The van der Waals surface area contributed by atoms with Crippen molar-refractivity contribution in [1.29, 1.82) is 0 Å². The van der Waals surface area contributed by atoms with E-state index >= 15 is 0 Å². The lowest BCUT2D eigenvalue weighted by Gasteiger charge is -2.10. The van der Waals surface area contributed by atoms with Gasteiger partial charge < -0.3 is 5.11 Å². The van der Waals surface area contributed by atoms with Crippen molar-refractivity contribution in [2.24, 2.45) is 0 Å². The Morgan fingerprint density at radius 1 is 0.824 bits per heavy atom. The van der Waals surface area contributed by atoms with Crippen LogP contribution in [0.25, 0.3) is 11.1 Å². The minimum atomic E-state index is 0.156. The Labute approximate surface area is 122 Å². The lowest BCUT2D eigenvalue weighted by Crippen LogP contribution is -1.84. The molecule has 0 saturated heterocycles. The highest BCUT2D eigenvalue weighted by Gasteiger charge is 2.10. The zero-order valence-electron chi connectivity index (χ0n) is 8.62. The third-order valence-corrected chi connectivity index (χ3v) is 4.30. The zero-order valence-corrected chi connectivity index (χ0v) is 12.2. The summed E-state index contributed by atoms with van der Waals surface area (Å²) in [6.45, 7) is 0. The zero-order chi connectivity index (χ0) is 12.6. The monoisotopic (exact) mass is 298 g/mol. The summed E-state index contributed by atoms with van der Waals surface area (Å²) < 4.78 is 0. The molecule has 2 aromatic carbocycles. The first-order valence-electron chi connectivity index (χ1n) is 4.77. The Hall–Kier alpha value is -0.360. The van der Waals surface area contributed by atoms with Crippen molar-refractivity contribution in [1.82, 2.24) is 0 Å². The predicted octanol–water partition coefficient (Wildman–Crippen LogP) is 4.21. The van der Waals surface area contributed by atoms with Gasteiger partial charge >= 0.3 is 0 Å². The summed E-state index contributed by atoms with van der Waals surface area (Å²) in [7, 11) is 0. The SMILES string of the molecule is Oc1c(S)cccc1-c1cc(S)c(S)c(S)c1. The molecule has 0 radical (unpaired) electrons. The number of rotatable bonds is 1. The quantitative estimate of drug-likeness (QED) is 0.500. The van der Waals surface area contributed by atoms with Crippen molar-refractivity contribution in [3.8, 4) is 16.9 Å². The number of hydrogen-bond acceptors (Lipinski definition) is 5. The van der Waals surface area contributed by atoms with Gasteiger partial charge in [0.25, 0.3) is 0 Å². The summed E-state index contributed by atoms with van der Waals surface area (Å²) in [5, 5.41) is 9.96. The smallest absolute Gasteiger partial charge is 0.136 e. The highest BCUT2D eigenvalue weighted by molar-refractivity contribution is 7.85.